The number of aryl methyl sites for hydroxylation is 1. The molecule has 0 spiro atoms. The second-order valence-electron chi connectivity index (χ2n) is 5.73. The SMILES string of the molecule is CCn1c(CNC(C)(C)C)nc2cc(OC)ccc21. The van der Waals surface area contributed by atoms with Crippen LogP contribution in [0.1, 0.15) is 33.5 Å². The molecule has 0 saturated heterocycles. The highest BCUT2D eigenvalue weighted by atomic mass is 16.5. The van der Waals surface area contributed by atoms with E-state index in [-0.39, 0.29) is 5.54 Å². The number of hydrogen-bond donors (Lipinski definition) is 1. The molecule has 0 unspecified atom stereocenters. The Morgan fingerprint density at radius 3 is 2.63 bits per heavy atom. The maximum Gasteiger partial charge on any atom is 0.123 e. The Labute approximate surface area is 114 Å². The molecule has 2 aromatic rings. The van der Waals surface area contributed by atoms with Gasteiger partial charge in [-0.25, -0.2) is 4.98 Å². The molecule has 104 valence electrons. The lowest BCUT2D eigenvalue weighted by molar-refractivity contribution is 0.413. The third-order valence-corrected chi connectivity index (χ3v) is 3.13. The Hall–Kier alpha value is -1.55. The quantitative estimate of drug-likeness (QED) is 0.919. The third-order valence-electron chi connectivity index (χ3n) is 3.13. The molecule has 4 nitrogen and oxygen atoms in total. The zero-order chi connectivity index (χ0) is 14.0. The molecule has 0 amide bonds. The van der Waals surface area contributed by atoms with Crippen LogP contribution < -0.4 is 10.1 Å². The molecule has 4 heteroatoms. The maximum absolute atomic E-state index is 5.25. The van der Waals surface area contributed by atoms with Crippen LogP contribution in [0.5, 0.6) is 5.75 Å². The summed E-state index contributed by atoms with van der Waals surface area (Å²) in [6, 6.07) is 6.05. The van der Waals surface area contributed by atoms with Gasteiger partial charge >= 0.3 is 0 Å². The van der Waals surface area contributed by atoms with Gasteiger partial charge in [-0.05, 0) is 39.8 Å². The highest BCUT2D eigenvalue weighted by molar-refractivity contribution is 5.77. The summed E-state index contributed by atoms with van der Waals surface area (Å²) in [5, 5.41) is 3.49. The summed E-state index contributed by atoms with van der Waals surface area (Å²) >= 11 is 0. The van der Waals surface area contributed by atoms with Gasteiger partial charge in [-0.15, -0.1) is 0 Å². The summed E-state index contributed by atoms with van der Waals surface area (Å²) in [4.78, 5) is 4.72. The number of imidazole rings is 1. The van der Waals surface area contributed by atoms with Crippen LogP contribution >= 0.6 is 0 Å². The fourth-order valence-electron chi connectivity index (χ4n) is 2.12. The molecule has 1 aromatic heterocycles. The summed E-state index contributed by atoms with van der Waals surface area (Å²) in [6.45, 7) is 10.3. The fraction of sp³-hybridized carbons (Fsp3) is 0.533. The van der Waals surface area contributed by atoms with E-state index in [1.54, 1.807) is 7.11 Å². The molecular weight excluding hydrogens is 238 g/mol. The molecule has 0 radical (unpaired) electrons. The van der Waals surface area contributed by atoms with Crippen LogP contribution in [0.3, 0.4) is 0 Å². The van der Waals surface area contributed by atoms with Crippen molar-refractivity contribution in [1.82, 2.24) is 14.9 Å². The minimum absolute atomic E-state index is 0.0917. The highest BCUT2D eigenvalue weighted by Gasteiger charge is 2.14. The van der Waals surface area contributed by atoms with E-state index in [1.165, 1.54) is 0 Å². The Bertz CT molecular complexity index is 567. The van der Waals surface area contributed by atoms with Crippen LogP contribution in [0.2, 0.25) is 0 Å². The van der Waals surface area contributed by atoms with Crippen molar-refractivity contribution in [2.24, 2.45) is 0 Å². The van der Waals surface area contributed by atoms with Crippen molar-refractivity contribution in [2.45, 2.75) is 46.3 Å². The standard InChI is InChI=1S/C15H23N3O/c1-6-18-13-8-7-11(19-5)9-12(13)17-14(18)10-16-15(2,3)4/h7-9,16H,6,10H2,1-5H3. The van der Waals surface area contributed by atoms with Gasteiger partial charge in [-0.3, -0.25) is 0 Å². The van der Waals surface area contributed by atoms with Crippen molar-refractivity contribution < 1.29 is 4.74 Å². The Morgan fingerprint density at radius 1 is 1.32 bits per heavy atom. The first kappa shape index (κ1) is 13.9. The number of nitrogens with one attached hydrogen (secondary N) is 1. The van der Waals surface area contributed by atoms with Gasteiger partial charge in [0, 0.05) is 18.2 Å². The smallest absolute Gasteiger partial charge is 0.123 e. The number of benzene rings is 1. The van der Waals surface area contributed by atoms with Crippen LogP contribution in [0, 0.1) is 0 Å². The number of nitrogens with zero attached hydrogens (tertiary/aromatic N) is 2. The van der Waals surface area contributed by atoms with Crippen LogP contribution in [0.15, 0.2) is 18.2 Å². The van der Waals surface area contributed by atoms with Crippen molar-refractivity contribution in [3.8, 4) is 5.75 Å². The third kappa shape index (κ3) is 3.07. The molecule has 1 aromatic carbocycles. The van der Waals surface area contributed by atoms with E-state index in [2.05, 4.69) is 43.6 Å². The molecule has 0 bridgehead atoms. The Balaban J connectivity index is 2.37. The van der Waals surface area contributed by atoms with Crippen molar-refractivity contribution >= 4 is 11.0 Å². The minimum Gasteiger partial charge on any atom is -0.497 e. The van der Waals surface area contributed by atoms with Crippen LogP contribution in [0.25, 0.3) is 11.0 Å². The summed E-state index contributed by atoms with van der Waals surface area (Å²) in [6.07, 6.45) is 0. The lowest BCUT2D eigenvalue weighted by Crippen LogP contribution is -2.35. The average Bonchev–Trinajstić information content (AvgIpc) is 2.71. The van der Waals surface area contributed by atoms with E-state index in [4.69, 9.17) is 9.72 Å². The number of ether oxygens (including phenoxy) is 1. The molecular formula is C15H23N3O. The summed E-state index contributed by atoms with van der Waals surface area (Å²) < 4.78 is 7.50. The van der Waals surface area contributed by atoms with Gasteiger partial charge < -0.3 is 14.6 Å². The summed E-state index contributed by atoms with van der Waals surface area (Å²) in [5.41, 5.74) is 2.25. The molecule has 19 heavy (non-hydrogen) atoms. The zero-order valence-corrected chi connectivity index (χ0v) is 12.4. The second-order valence-corrected chi connectivity index (χ2v) is 5.73. The summed E-state index contributed by atoms with van der Waals surface area (Å²) in [7, 11) is 1.68. The van der Waals surface area contributed by atoms with E-state index < -0.39 is 0 Å². The van der Waals surface area contributed by atoms with E-state index in [1.807, 2.05) is 12.1 Å². The lowest BCUT2D eigenvalue weighted by atomic mass is 10.1. The lowest BCUT2D eigenvalue weighted by Gasteiger charge is -2.20. The number of hydrogen-bond acceptors (Lipinski definition) is 3. The van der Waals surface area contributed by atoms with E-state index in [0.717, 1.165) is 35.7 Å². The van der Waals surface area contributed by atoms with E-state index >= 15 is 0 Å². The first-order chi connectivity index (χ1) is 8.94. The van der Waals surface area contributed by atoms with Crippen LogP contribution in [0.4, 0.5) is 0 Å². The molecule has 0 aliphatic rings. The normalized spacial score (nSPS) is 12.1. The topological polar surface area (TPSA) is 39.1 Å². The van der Waals surface area contributed by atoms with Crippen LogP contribution in [-0.4, -0.2) is 22.2 Å². The molecule has 2 rings (SSSR count). The second kappa shape index (κ2) is 5.21. The van der Waals surface area contributed by atoms with Gasteiger partial charge in [0.05, 0.1) is 24.7 Å². The number of methoxy groups -OCH3 is 1. The Morgan fingerprint density at radius 2 is 2.05 bits per heavy atom. The predicted octanol–water partition coefficient (Wildman–Crippen LogP) is 2.95. The highest BCUT2D eigenvalue weighted by Crippen LogP contribution is 2.22. The largest absolute Gasteiger partial charge is 0.497 e. The molecule has 1 N–H and O–H groups in total. The first-order valence-electron chi connectivity index (χ1n) is 6.73. The van der Waals surface area contributed by atoms with Gasteiger partial charge in [-0.2, -0.15) is 0 Å². The minimum atomic E-state index is 0.0917. The molecule has 1 heterocycles. The van der Waals surface area contributed by atoms with Gasteiger partial charge in [0.15, 0.2) is 0 Å². The van der Waals surface area contributed by atoms with E-state index in [9.17, 15) is 0 Å². The van der Waals surface area contributed by atoms with Crippen molar-refractivity contribution in [3.63, 3.8) is 0 Å². The molecule has 0 aliphatic carbocycles. The van der Waals surface area contributed by atoms with E-state index in [0.29, 0.717) is 0 Å². The maximum atomic E-state index is 5.25. The van der Waals surface area contributed by atoms with Gasteiger partial charge in [0.2, 0.25) is 0 Å². The zero-order valence-electron chi connectivity index (χ0n) is 12.4. The Kier molecular flexibility index (Phi) is 3.80. The van der Waals surface area contributed by atoms with Crippen LogP contribution in [-0.2, 0) is 13.1 Å². The monoisotopic (exact) mass is 261 g/mol. The van der Waals surface area contributed by atoms with Crippen molar-refractivity contribution in [3.05, 3.63) is 24.0 Å². The number of fused-ring (bicyclic) bond motifs is 1. The molecule has 0 aliphatic heterocycles. The number of aromatic nitrogens is 2. The van der Waals surface area contributed by atoms with Crippen molar-refractivity contribution in [2.75, 3.05) is 7.11 Å². The van der Waals surface area contributed by atoms with Crippen molar-refractivity contribution in [1.29, 1.82) is 0 Å². The van der Waals surface area contributed by atoms with Gasteiger partial charge in [0.25, 0.3) is 0 Å². The fourth-order valence-corrected chi connectivity index (χ4v) is 2.12. The van der Waals surface area contributed by atoms with Gasteiger partial charge in [0.1, 0.15) is 11.6 Å². The molecule has 0 fully saturated rings. The summed E-state index contributed by atoms with van der Waals surface area (Å²) in [5.74, 6) is 1.92. The predicted molar refractivity (Wildman–Crippen MR) is 78.6 cm³/mol. The molecule has 0 atom stereocenters. The average molecular weight is 261 g/mol. The molecule has 0 saturated carbocycles. The number of rotatable bonds is 4. The van der Waals surface area contributed by atoms with Gasteiger partial charge in [-0.1, -0.05) is 0 Å². The first-order valence-corrected chi connectivity index (χ1v) is 6.73.